The van der Waals surface area contributed by atoms with Crippen LogP contribution in [0.2, 0.25) is 0 Å². The van der Waals surface area contributed by atoms with Crippen molar-refractivity contribution >= 4 is 27.4 Å². The number of aromatic nitrogens is 3. The van der Waals surface area contributed by atoms with Crippen LogP contribution in [0.15, 0.2) is 29.0 Å². The Labute approximate surface area is 119 Å². The van der Waals surface area contributed by atoms with E-state index in [-0.39, 0.29) is 5.78 Å². The molecular formula is C13H13BrN4O. The molecular weight excluding hydrogens is 308 g/mol. The van der Waals surface area contributed by atoms with Gasteiger partial charge in [0.05, 0.1) is 6.54 Å². The van der Waals surface area contributed by atoms with Crippen molar-refractivity contribution in [3.63, 3.8) is 0 Å². The molecule has 19 heavy (non-hydrogen) atoms. The summed E-state index contributed by atoms with van der Waals surface area (Å²) in [5.74, 6) is 1.01. The number of rotatable bonds is 2. The van der Waals surface area contributed by atoms with Crippen LogP contribution in [-0.4, -0.2) is 27.1 Å². The molecule has 0 saturated carbocycles. The van der Waals surface area contributed by atoms with Crippen molar-refractivity contribution in [3.8, 4) is 0 Å². The summed E-state index contributed by atoms with van der Waals surface area (Å²) in [7, 11) is 0. The number of carbonyl (C=O) groups is 1. The summed E-state index contributed by atoms with van der Waals surface area (Å²) in [6, 6.07) is 5.75. The van der Waals surface area contributed by atoms with Crippen LogP contribution >= 0.6 is 15.9 Å². The van der Waals surface area contributed by atoms with Crippen LogP contribution < -0.4 is 4.90 Å². The highest BCUT2D eigenvalue weighted by molar-refractivity contribution is 9.10. The van der Waals surface area contributed by atoms with Crippen molar-refractivity contribution in [1.82, 2.24) is 14.8 Å². The molecule has 2 aromatic rings. The van der Waals surface area contributed by atoms with Gasteiger partial charge in [0.15, 0.2) is 11.6 Å². The number of Topliss-reactive ketones (excluding diaryl/α,β-unsaturated/α-hetero) is 1. The average molecular weight is 321 g/mol. The van der Waals surface area contributed by atoms with E-state index in [9.17, 15) is 4.79 Å². The molecule has 0 radical (unpaired) electrons. The van der Waals surface area contributed by atoms with Crippen molar-refractivity contribution in [2.45, 2.75) is 20.0 Å². The Kier molecular flexibility index (Phi) is 3.10. The van der Waals surface area contributed by atoms with Crippen molar-refractivity contribution in [2.75, 3.05) is 11.4 Å². The van der Waals surface area contributed by atoms with Crippen LogP contribution in [-0.2, 0) is 13.1 Å². The molecule has 0 spiro atoms. The van der Waals surface area contributed by atoms with Gasteiger partial charge in [-0.1, -0.05) is 15.9 Å². The lowest BCUT2D eigenvalue weighted by molar-refractivity contribution is 0.101. The number of benzene rings is 1. The molecule has 5 nitrogen and oxygen atoms in total. The van der Waals surface area contributed by atoms with E-state index in [1.54, 1.807) is 13.3 Å². The van der Waals surface area contributed by atoms with Crippen molar-refractivity contribution < 1.29 is 4.79 Å². The van der Waals surface area contributed by atoms with Crippen molar-refractivity contribution in [2.24, 2.45) is 0 Å². The van der Waals surface area contributed by atoms with Gasteiger partial charge in [-0.3, -0.25) is 4.79 Å². The lowest BCUT2D eigenvalue weighted by atomic mass is 10.1. The standard InChI is InChI=1S/C13H13BrN4O/c1-9(19)11-3-2-10(14)6-12(11)17-4-5-18-8-15-16-13(18)7-17/h2-3,6,8H,4-5,7H2,1H3. The maximum Gasteiger partial charge on any atom is 0.161 e. The van der Waals surface area contributed by atoms with Gasteiger partial charge >= 0.3 is 0 Å². The number of anilines is 1. The van der Waals surface area contributed by atoms with Gasteiger partial charge in [-0.05, 0) is 25.1 Å². The number of halogens is 1. The molecule has 0 amide bonds. The van der Waals surface area contributed by atoms with Crippen LogP contribution in [0, 0.1) is 0 Å². The molecule has 0 unspecified atom stereocenters. The summed E-state index contributed by atoms with van der Waals surface area (Å²) in [5, 5.41) is 8.02. The fourth-order valence-electron chi connectivity index (χ4n) is 2.34. The average Bonchev–Trinajstić information content (AvgIpc) is 2.85. The monoisotopic (exact) mass is 320 g/mol. The van der Waals surface area contributed by atoms with E-state index in [4.69, 9.17) is 0 Å². The Morgan fingerprint density at radius 3 is 3.00 bits per heavy atom. The van der Waals surface area contributed by atoms with Crippen molar-refractivity contribution in [3.05, 3.63) is 40.4 Å². The molecule has 0 saturated heterocycles. The minimum absolute atomic E-state index is 0.0783. The van der Waals surface area contributed by atoms with Crippen LogP contribution in [0.3, 0.4) is 0 Å². The van der Waals surface area contributed by atoms with E-state index >= 15 is 0 Å². The minimum atomic E-state index is 0.0783. The highest BCUT2D eigenvalue weighted by atomic mass is 79.9. The molecule has 1 aromatic heterocycles. The molecule has 2 heterocycles. The molecule has 0 fully saturated rings. The first-order valence-corrected chi connectivity index (χ1v) is 6.86. The second-order valence-corrected chi connectivity index (χ2v) is 5.50. The second-order valence-electron chi connectivity index (χ2n) is 4.58. The van der Waals surface area contributed by atoms with Crippen LogP contribution in [0.25, 0.3) is 0 Å². The molecule has 0 N–H and O–H groups in total. The molecule has 1 aliphatic rings. The fourth-order valence-corrected chi connectivity index (χ4v) is 2.69. The number of ketones is 1. The zero-order valence-corrected chi connectivity index (χ0v) is 12.1. The second kappa shape index (κ2) is 4.77. The SMILES string of the molecule is CC(=O)c1ccc(Br)cc1N1CCn2cnnc2C1. The van der Waals surface area contributed by atoms with Crippen molar-refractivity contribution in [1.29, 1.82) is 0 Å². The Morgan fingerprint density at radius 2 is 2.21 bits per heavy atom. The first kappa shape index (κ1) is 12.3. The summed E-state index contributed by atoms with van der Waals surface area (Å²) in [6.45, 7) is 3.96. The summed E-state index contributed by atoms with van der Waals surface area (Å²) < 4.78 is 3.02. The van der Waals surface area contributed by atoms with Gasteiger partial charge in [-0.25, -0.2) is 0 Å². The summed E-state index contributed by atoms with van der Waals surface area (Å²) in [4.78, 5) is 13.9. The number of hydrogen-bond acceptors (Lipinski definition) is 4. The maximum atomic E-state index is 11.7. The third-order valence-corrected chi connectivity index (χ3v) is 3.81. The first-order chi connectivity index (χ1) is 9.15. The zero-order chi connectivity index (χ0) is 13.4. The molecule has 1 aromatic carbocycles. The predicted molar refractivity (Wildman–Crippen MR) is 75.2 cm³/mol. The number of hydrogen-bond donors (Lipinski definition) is 0. The quantitative estimate of drug-likeness (QED) is 0.796. The highest BCUT2D eigenvalue weighted by Gasteiger charge is 2.21. The summed E-state index contributed by atoms with van der Waals surface area (Å²) >= 11 is 3.47. The molecule has 0 atom stereocenters. The third-order valence-electron chi connectivity index (χ3n) is 3.32. The molecule has 0 aliphatic carbocycles. The van der Waals surface area contributed by atoms with Gasteiger partial charge in [0, 0.05) is 28.8 Å². The number of fused-ring (bicyclic) bond motifs is 1. The summed E-state index contributed by atoms with van der Waals surface area (Å²) in [6.07, 6.45) is 1.75. The molecule has 0 bridgehead atoms. The van der Waals surface area contributed by atoms with Gasteiger partial charge < -0.3 is 9.47 Å². The normalized spacial score (nSPS) is 14.3. The summed E-state index contributed by atoms with van der Waals surface area (Å²) in [5.41, 5.74) is 1.70. The smallest absolute Gasteiger partial charge is 0.161 e. The number of nitrogens with zero attached hydrogens (tertiary/aromatic N) is 4. The van der Waals surface area contributed by atoms with E-state index in [2.05, 4.69) is 31.0 Å². The Morgan fingerprint density at radius 1 is 1.37 bits per heavy atom. The maximum absolute atomic E-state index is 11.7. The van der Waals surface area contributed by atoms with E-state index in [1.807, 2.05) is 22.8 Å². The van der Waals surface area contributed by atoms with Gasteiger partial charge in [0.1, 0.15) is 6.33 Å². The fraction of sp³-hybridized carbons (Fsp3) is 0.308. The van der Waals surface area contributed by atoms with Crippen LogP contribution in [0.1, 0.15) is 23.1 Å². The highest BCUT2D eigenvalue weighted by Crippen LogP contribution is 2.28. The third kappa shape index (κ3) is 2.28. The molecule has 1 aliphatic heterocycles. The Hall–Kier alpha value is -1.69. The van der Waals surface area contributed by atoms with Crippen LogP contribution in [0.4, 0.5) is 5.69 Å². The first-order valence-electron chi connectivity index (χ1n) is 6.07. The predicted octanol–water partition coefficient (Wildman–Crippen LogP) is 2.26. The molecule has 98 valence electrons. The minimum Gasteiger partial charge on any atom is -0.362 e. The van der Waals surface area contributed by atoms with Gasteiger partial charge in [0.2, 0.25) is 0 Å². The van der Waals surface area contributed by atoms with Gasteiger partial charge in [-0.2, -0.15) is 0 Å². The molecule has 6 heteroatoms. The van der Waals surface area contributed by atoms with E-state index < -0.39 is 0 Å². The lowest BCUT2D eigenvalue weighted by Gasteiger charge is -2.30. The Balaban J connectivity index is 1.99. The Bertz CT molecular complexity index is 637. The van der Waals surface area contributed by atoms with Crippen LogP contribution in [0.5, 0.6) is 0 Å². The number of carbonyl (C=O) groups excluding carboxylic acids is 1. The topological polar surface area (TPSA) is 51.0 Å². The zero-order valence-electron chi connectivity index (χ0n) is 10.5. The van der Waals surface area contributed by atoms with E-state index in [1.165, 1.54) is 0 Å². The molecule has 3 rings (SSSR count). The van der Waals surface area contributed by atoms with E-state index in [0.717, 1.165) is 34.6 Å². The lowest BCUT2D eigenvalue weighted by Crippen LogP contribution is -2.34. The van der Waals surface area contributed by atoms with Gasteiger partial charge in [-0.15, -0.1) is 10.2 Å². The van der Waals surface area contributed by atoms with E-state index in [0.29, 0.717) is 6.54 Å². The van der Waals surface area contributed by atoms with Gasteiger partial charge in [0.25, 0.3) is 0 Å². The largest absolute Gasteiger partial charge is 0.362 e.